The quantitative estimate of drug-likeness (QED) is 0.581. The number of halogens is 1. The van der Waals surface area contributed by atoms with Crippen molar-refractivity contribution in [3.8, 4) is 0 Å². The SMILES string of the molecule is COC(=O)C1=C(CSc2nnc(C)s2)NC(=O)N[C@@H]1c1ccc(Cl)cc1. The normalized spacial score (nSPS) is 16.9. The van der Waals surface area contributed by atoms with E-state index in [0.29, 0.717) is 22.0 Å². The highest BCUT2D eigenvalue weighted by Gasteiger charge is 2.33. The number of thioether (sulfide) groups is 1. The summed E-state index contributed by atoms with van der Waals surface area (Å²) in [6, 6.07) is 5.93. The van der Waals surface area contributed by atoms with Gasteiger partial charge in [0, 0.05) is 16.5 Å². The van der Waals surface area contributed by atoms with Gasteiger partial charge in [-0.3, -0.25) is 0 Å². The van der Waals surface area contributed by atoms with Crippen LogP contribution in [0.2, 0.25) is 5.02 Å². The Labute approximate surface area is 163 Å². The van der Waals surface area contributed by atoms with Crippen molar-refractivity contribution in [2.24, 2.45) is 0 Å². The molecule has 0 bridgehead atoms. The molecule has 1 atom stereocenters. The third-order valence-electron chi connectivity index (χ3n) is 3.61. The van der Waals surface area contributed by atoms with Gasteiger partial charge in [-0.15, -0.1) is 10.2 Å². The number of benzene rings is 1. The third-order valence-corrected chi connectivity index (χ3v) is 5.86. The van der Waals surface area contributed by atoms with Crippen molar-refractivity contribution < 1.29 is 14.3 Å². The number of nitrogens with one attached hydrogen (secondary N) is 2. The molecule has 1 aromatic carbocycles. The number of amides is 2. The number of nitrogens with zero attached hydrogens (tertiary/aromatic N) is 2. The van der Waals surface area contributed by atoms with Gasteiger partial charge in [-0.2, -0.15) is 0 Å². The van der Waals surface area contributed by atoms with Crippen molar-refractivity contribution >= 4 is 46.7 Å². The van der Waals surface area contributed by atoms with Crippen LogP contribution < -0.4 is 10.6 Å². The minimum Gasteiger partial charge on any atom is -0.466 e. The fourth-order valence-corrected chi connectivity index (χ4v) is 4.37. The molecule has 7 nitrogen and oxygen atoms in total. The van der Waals surface area contributed by atoms with Gasteiger partial charge < -0.3 is 15.4 Å². The highest BCUT2D eigenvalue weighted by atomic mass is 35.5. The van der Waals surface area contributed by atoms with Crippen LogP contribution >= 0.6 is 34.7 Å². The average Bonchev–Trinajstić information content (AvgIpc) is 3.05. The summed E-state index contributed by atoms with van der Waals surface area (Å²) in [5.74, 6) is -0.155. The van der Waals surface area contributed by atoms with Crippen LogP contribution in [-0.4, -0.2) is 35.1 Å². The van der Waals surface area contributed by atoms with E-state index in [4.69, 9.17) is 16.3 Å². The molecule has 10 heteroatoms. The molecule has 0 fully saturated rings. The van der Waals surface area contributed by atoms with Crippen LogP contribution in [-0.2, 0) is 9.53 Å². The number of hydrogen-bond acceptors (Lipinski definition) is 7. The zero-order chi connectivity index (χ0) is 18.7. The van der Waals surface area contributed by atoms with Gasteiger partial charge >= 0.3 is 12.0 Å². The Kier molecular flexibility index (Phi) is 5.80. The fourth-order valence-electron chi connectivity index (χ4n) is 2.46. The lowest BCUT2D eigenvalue weighted by Crippen LogP contribution is -2.46. The van der Waals surface area contributed by atoms with Gasteiger partial charge in [-0.25, -0.2) is 9.59 Å². The number of esters is 1. The van der Waals surface area contributed by atoms with Crippen molar-refractivity contribution in [1.82, 2.24) is 20.8 Å². The van der Waals surface area contributed by atoms with Crippen LogP contribution in [0.4, 0.5) is 4.79 Å². The molecule has 0 saturated heterocycles. The highest BCUT2D eigenvalue weighted by molar-refractivity contribution is 8.01. The zero-order valence-corrected chi connectivity index (χ0v) is 16.3. The van der Waals surface area contributed by atoms with Crippen molar-refractivity contribution in [1.29, 1.82) is 0 Å². The first-order valence-corrected chi connectivity index (χ1v) is 9.73. The molecule has 0 spiro atoms. The summed E-state index contributed by atoms with van der Waals surface area (Å²) in [5.41, 5.74) is 1.57. The van der Waals surface area contributed by atoms with Crippen LogP contribution in [0, 0.1) is 6.92 Å². The molecule has 2 heterocycles. The molecule has 26 heavy (non-hydrogen) atoms. The Morgan fingerprint density at radius 1 is 1.35 bits per heavy atom. The molecule has 0 saturated carbocycles. The summed E-state index contributed by atoms with van der Waals surface area (Å²) in [6.45, 7) is 1.86. The number of aryl methyl sites for hydroxylation is 1. The van der Waals surface area contributed by atoms with Gasteiger partial charge in [0.1, 0.15) is 5.01 Å². The van der Waals surface area contributed by atoms with E-state index in [1.54, 1.807) is 24.3 Å². The van der Waals surface area contributed by atoms with E-state index in [-0.39, 0.29) is 6.03 Å². The molecule has 3 rings (SSSR count). The number of ether oxygens (including phenoxy) is 1. The first kappa shape index (κ1) is 18.7. The topological polar surface area (TPSA) is 93.2 Å². The van der Waals surface area contributed by atoms with E-state index in [0.717, 1.165) is 14.9 Å². The lowest BCUT2D eigenvalue weighted by molar-refractivity contribution is -0.136. The molecular weight excluding hydrogens is 396 g/mol. The lowest BCUT2D eigenvalue weighted by atomic mass is 9.95. The molecule has 1 aliphatic heterocycles. The van der Waals surface area contributed by atoms with E-state index in [1.165, 1.54) is 30.2 Å². The smallest absolute Gasteiger partial charge is 0.338 e. The Balaban J connectivity index is 1.95. The molecule has 2 amide bonds. The molecule has 2 aromatic rings. The number of aromatic nitrogens is 2. The number of carbonyl (C=O) groups is 2. The predicted octanol–water partition coefficient (Wildman–Crippen LogP) is 3.07. The molecule has 1 aliphatic rings. The van der Waals surface area contributed by atoms with Gasteiger partial charge in [-0.1, -0.05) is 46.8 Å². The minimum atomic E-state index is -0.625. The summed E-state index contributed by atoms with van der Waals surface area (Å²) in [5, 5.41) is 14.9. The van der Waals surface area contributed by atoms with Crippen molar-refractivity contribution in [3.63, 3.8) is 0 Å². The van der Waals surface area contributed by atoms with Gasteiger partial charge in [0.25, 0.3) is 0 Å². The Bertz CT molecular complexity index is 867. The monoisotopic (exact) mass is 410 g/mol. The molecule has 0 aliphatic carbocycles. The lowest BCUT2D eigenvalue weighted by Gasteiger charge is -2.29. The number of urea groups is 1. The van der Waals surface area contributed by atoms with Crippen LogP contribution in [0.5, 0.6) is 0 Å². The minimum absolute atomic E-state index is 0.350. The number of carbonyl (C=O) groups excluding carboxylic acids is 2. The fraction of sp³-hybridized carbons (Fsp3) is 0.250. The van der Waals surface area contributed by atoms with Crippen molar-refractivity contribution in [2.45, 2.75) is 17.3 Å². The van der Waals surface area contributed by atoms with Crippen molar-refractivity contribution in [2.75, 3.05) is 12.9 Å². The second kappa shape index (κ2) is 8.07. The second-order valence-electron chi connectivity index (χ2n) is 5.34. The number of rotatable bonds is 5. The van der Waals surface area contributed by atoms with Crippen LogP contribution in [0.25, 0.3) is 0 Å². The summed E-state index contributed by atoms with van der Waals surface area (Å²) in [6.07, 6.45) is 0. The largest absolute Gasteiger partial charge is 0.466 e. The first-order chi connectivity index (χ1) is 12.5. The standard InChI is InChI=1S/C16H15ClN4O3S2/c1-8-20-21-16(26-8)25-7-11-12(14(22)24-2)13(19-15(23)18-11)9-3-5-10(17)6-4-9/h3-6,13H,7H2,1-2H3,(H2,18,19,23)/t13-/m1/s1. The maximum Gasteiger partial charge on any atom is 0.338 e. The van der Waals surface area contributed by atoms with E-state index < -0.39 is 12.0 Å². The summed E-state index contributed by atoms with van der Waals surface area (Å²) < 4.78 is 5.70. The molecule has 0 unspecified atom stereocenters. The van der Waals surface area contributed by atoms with E-state index in [2.05, 4.69) is 20.8 Å². The van der Waals surface area contributed by atoms with E-state index in [1.807, 2.05) is 6.92 Å². The van der Waals surface area contributed by atoms with E-state index in [9.17, 15) is 9.59 Å². The second-order valence-corrected chi connectivity index (χ2v) is 8.18. The maximum absolute atomic E-state index is 12.4. The highest BCUT2D eigenvalue weighted by Crippen LogP contribution is 2.31. The van der Waals surface area contributed by atoms with Gasteiger partial charge in [0.2, 0.25) is 0 Å². The molecular formula is C16H15ClN4O3S2. The first-order valence-electron chi connectivity index (χ1n) is 7.55. The van der Waals surface area contributed by atoms with Gasteiger partial charge in [-0.05, 0) is 24.6 Å². The number of methoxy groups -OCH3 is 1. The Hall–Kier alpha value is -2.10. The summed E-state index contributed by atoms with van der Waals surface area (Å²) in [7, 11) is 1.31. The molecule has 136 valence electrons. The van der Waals surface area contributed by atoms with Gasteiger partial charge in [0.15, 0.2) is 4.34 Å². The Morgan fingerprint density at radius 3 is 2.69 bits per heavy atom. The van der Waals surface area contributed by atoms with E-state index >= 15 is 0 Å². The maximum atomic E-state index is 12.4. The van der Waals surface area contributed by atoms with Crippen LogP contribution in [0.15, 0.2) is 39.9 Å². The van der Waals surface area contributed by atoms with Gasteiger partial charge in [0.05, 0.1) is 18.7 Å². The third kappa shape index (κ3) is 4.17. The molecule has 1 aromatic heterocycles. The summed E-state index contributed by atoms with van der Waals surface area (Å²) >= 11 is 8.78. The van der Waals surface area contributed by atoms with Crippen molar-refractivity contribution in [3.05, 3.63) is 51.1 Å². The number of hydrogen-bond donors (Lipinski definition) is 2. The molecule has 2 N–H and O–H groups in total. The van der Waals surface area contributed by atoms with Crippen LogP contribution in [0.3, 0.4) is 0 Å². The summed E-state index contributed by atoms with van der Waals surface area (Å²) in [4.78, 5) is 24.5. The average molecular weight is 411 g/mol. The van der Waals surface area contributed by atoms with Crippen LogP contribution in [0.1, 0.15) is 16.6 Å². The zero-order valence-electron chi connectivity index (χ0n) is 13.9. The molecule has 0 radical (unpaired) electrons. The Morgan fingerprint density at radius 2 is 2.08 bits per heavy atom. The predicted molar refractivity (Wildman–Crippen MR) is 100 cm³/mol.